The molecule has 7 nitrogen and oxygen atoms in total. The molecule has 1 aromatic rings. The first kappa shape index (κ1) is 16.0. The van der Waals surface area contributed by atoms with Gasteiger partial charge in [0, 0.05) is 17.7 Å². The van der Waals surface area contributed by atoms with Crippen LogP contribution in [0.3, 0.4) is 0 Å². The SMILES string of the molecule is CNC(CCc1ccc([N+](=O)[O-])cc1[N+](=O)[O-])C(C)C. The molecular formula is C13H19N3O4. The molecule has 20 heavy (non-hydrogen) atoms. The number of nitro benzene ring substituents is 2. The normalized spacial score (nSPS) is 12.4. The van der Waals surface area contributed by atoms with Gasteiger partial charge in [0.05, 0.1) is 15.9 Å². The van der Waals surface area contributed by atoms with Crippen LogP contribution in [-0.4, -0.2) is 22.9 Å². The average Bonchev–Trinajstić information content (AvgIpc) is 2.38. The minimum absolute atomic E-state index is 0.183. The Balaban J connectivity index is 2.94. The fourth-order valence-corrected chi connectivity index (χ4v) is 2.17. The number of non-ortho nitro benzene ring substituents is 1. The summed E-state index contributed by atoms with van der Waals surface area (Å²) >= 11 is 0. The molecular weight excluding hydrogens is 262 g/mol. The maximum atomic E-state index is 11.0. The molecule has 0 fully saturated rings. The summed E-state index contributed by atoms with van der Waals surface area (Å²) in [7, 11) is 1.86. The Kier molecular flexibility index (Phi) is 5.57. The molecule has 1 N–H and O–H groups in total. The van der Waals surface area contributed by atoms with Crippen LogP contribution in [0.1, 0.15) is 25.8 Å². The number of benzene rings is 1. The van der Waals surface area contributed by atoms with Crippen LogP contribution in [-0.2, 0) is 6.42 Å². The lowest BCUT2D eigenvalue weighted by atomic mass is 9.96. The summed E-state index contributed by atoms with van der Waals surface area (Å²) in [4.78, 5) is 20.5. The Morgan fingerprint density at radius 3 is 2.30 bits per heavy atom. The van der Waals surface area contributed by atoms with E-state index >= 15 is 0 Å². The maximum Gasteiger partial charge on any atom is 0.279 e. The molecule has 0 bridgehead atoms. The zero-order valence-electron chi connectivity index (χ0n) is 11.8. The lowest BCUT2D eigenvalue weighted by Crippen LogP contribution is -2.31. The highest BCUT2D eigenvalue weighted by atomic mass is 16.6. The van der Waals surface area contributed by atoms with Gasteiger partial charge in [0.2, 0.25) is 0 Å². The Morgan fingerprint density at radius 2 is 1.85 bits per heavy atom. The molecule has 1 atom stereocenters. The van der Waals surface area contributed by atoms with Crippen LogP contribution in [0.25, 0.3) is 0 Å². The molecule has 0 aromatic heterocycles. The summed E-state index contributed by atoms with van der Waals surface area (Å²) in [6.07, 6.45) is 1.25. The number of nitro groups is 2. The molecule has 1 aromatic carbocycles. The fraction of sp³-hybridized carbons (Fsp3) is 0.538. The number of hydrogen-bond donors (Lipinski definition) is 1. The molecule has 1 unspecified atom stereocenters. The first-order valence-electron chi connectivity index (χ1n) is 6.45. The van der Waals surface area contributed by atoms with Crippen molar-refractivity contribution in [1.82, 2.24) is 5.32 Å². The maximum absolute atomic E-state index is 11.0. The van der Waals surface area contributed by atoms with Crippen molar-refractivity contribution in [2.45, 2.75) is 32.7 Å². The van der Waals surface area contributed by atoms with Crippen molar-refractivity contribution in [2.75, 3.05) is 7.05 Å². The molecule has 0 saturated carbocycles. The molecule has 0 heterocycles. The number of nitrogens with zero attached hydrogens (tertiary/aromatic N) is 2. The highest BCUT2D eigenvalue weighted by molar-refractivity contribution is 5.49. The zero-order chi connectivity index (χ0) is 15.3. The van der Waals surface area contributed by atoms with Crippen molar-refractivity contribution in [1.29, 1.82) is 0 Å². The third-order valence-electron chi connectivity index (χ3n) is 3.38. The highest BCUT2D eigenvalue weighted by Gasteiger charge is 2.20. The zero-order valence-corrected chi connectivity index (χ0v) is 11.8. The van der Waals surface area contributed by atoms with Gasteiger partial charge in [-0.05, 0) is 31.9 Å². The number of rotatable bonds is 7. The smallest absolute Gasteiger partial charge is 0.279 e. The molecule has 0 saturated heterocycles. The van der Waals surface area contributed by atoms with Crippen LogP contribution in [0, 0.1) is 26.1 Å². The lowest BCUT2D eigenvalue weighted by Gasteiger charge is -2.19. The van der Waals surface area contributed by atoms with Crippen molar-refractivity contribution < 1.29 is 9.85 Å². The lowest BCUT2D eigenvalue weighted by molar-refractivity contribution is -0.394. The Hall–Kier alpha value is -2.02. The van der Waals surface area contributed by atoms with E-state index in [1.807, 2.05) is 7.05 Å². The van der Waals surface area contributed by atoms with Crippen molar-refractivity contribution in [2.24, 2.45) is 5.92 Å². The number of aryl methyl sites for hydroxylation is 1. The monoisotopic (exact) mass is 281 g/mol. The van der Waals surface area contributed by atoms with Crippen LogP contribution in [0.2, 0.25) is 0 Å². The minimum atomic E-state index is -0.624. The molecule has 0 aliphatic heterocycles. The number of nitrogens with one attached hydrogen (secondary N) is 1. The Morgan fingerprint density at radius 1 is 1.20 bits per heavy atom. The van der Waals surface area contributed by atoms with E-state index in [9.17, 15) is 20.2 Å². The molecule has 110 valence electrons. The predicted octanol–water partition coefficient (Wildman–Crippen LogP) is 2.68. The second kappa shape index (κ2) is 6.95. The summed E-state index contributed by atoms with van der Waals surface area (Å²) in [6.45, 7) is 4.15. The van der Waals surface area contributed by atoms with E-state index in [2.05, 4.69) is 19.2 Å². The first-order valence-corrected chi connectivity index (χ1v) is 6.45. The second-order valence-corrected chi connectivity index (χ2v) is 5.01. The van der Waals surface area contributed by atoms with Gasteiger partial charge < -0.3 is 5.32 Å². The largest absolute Gasteiger partial charge is 0.317 e. The fourth-order valence-electron chi connectivity index (χ4n) is 2.17. The molecule has 7 heteroatoms. The van der Waals surface area contributed by atoms with Gasteiger partial charge in [0.25, 0.3) is 11.4 Å². The quantitative estimate of drug-likeness (QED) is 0.612. The van der Waals surface area contributed by atoms with E-state index in [-0.39, 0.29) is 17.4 Å². The van der Waals surface area contributed by atoms with Crippen LogP contribution in [0.4, 0.5) is 11.4 Å². The van der Waals surface area contributed by atoms with Crippen molar-refractivity contribution in [3.05, 3.63) is 44.0 Å². The highest BCUT2D eigenvalue weighted by Crippen LogP contribution is 2.26. The van der Waals surface area contributed by atoms with Crippen LogP contribution < -0.4 is 5.32 Å². The van der Waals surface area contributed by atoms with Gasteiger partial charge in [-0.25, -0.2) is 0 Å². The standard InChI is InChI=1S/C13H19N3O4/c1-9(2)12(14-3)7-5-10-4-6-11(15(17)18)8-13(10)16(19)20/h4,6,8-9,12,14H,5,7H2,1-3H3. The van der Waals surface area contributed by atoms with Gasteiger partial charge in [-0.1, -0.05) is 13.8 Å². The van der Waals surface area contributed by atoms with Gasteiger partial charge in [0.15, 0.2) is 0 Å². The van der Waals surface area contributed by atoms with E-state index in [0.717, 1.165) is 12.5 Å². The summed E-state index contributed by atoms with van der Waals surface area (Å²) in [5.41, 5.74) is 0.0915. The second-order valence-electron chi connectivity index (χ2n) is 5.01. The summed E-state index contributed by atoms with van der Waals surface area (Å²) in [5, 5.41) is 24.8. The van der Waals surface area contributed by atoms with Crippen molar-refractivity contribution >= 4 is 11.4 Å². The topological polar surface area (TPSA) is 98.3 Å². The Labute approximate surface area is 117 Å². The first-order chi connectivity index (χ1) is 9.36. The third kappa shape index (κ3) is 3.99. The molecule has 0 aliphatic carbocycles. The van der Waals surface area contributed by atoms with Crippen molar-refractivity contribution in [3.63, 3.8) is 0 Å². The van der Waals surface area contributed by atoms with Crippen LogP contribution >= 0.6 is 0 Å². The van der Waals surface area contributed by atoms with Crippen molar-refractivity contribution in [3.8, 4) is 0 Å². The van der Waals surface area contributed by atoms with Gasteiger partial charge in [-0.15, -0.1) is 0 Å². The van der Waals surface area contributed by atoms with Crippen LogP contribution in [0.5, 0.6) is 0 Å². The average molecular weight is 281 g/mol. The van der Waals surface area contributed by atoms with Gasteiger partial charge in [-0.3, -0.25) is 20.2 Å². The van der Waals surface area contributed by atoms with E-state index in [1.54, 1.807) is 0 Å². The summed E-state index contributed by atoms with van der Waals surface area (Å²) in [6, 6.07) is 4.07. The predicted molar refractivity (Wildman–Crippen MR) is 75.8 cm³/mol. The van der Waals surface area contributed by atoms with Gasteiger partial charge in [-0.2, -0.15) is 0 Å². The third-order valence-corrected chi connectivity index (χ3v) is 3.38. The molecule has 1 rings (SSSR count). The molecule has 0 aliphatic rings. The molecule has 0 spiro atoms. The van der Waals surface area contributed by atoms with E-state index in [0.29, 0.717) is 17.9 Å². The van der Waals surface area contributed by atoms with E-state index in [1.165, 1.54) is 12.1 Å². The van der Waals surface area contributed by atoms with E-state index < -0.39 is 9.85 Å². The molecule has 0 amide bonds. The minimum Gasteiger partial charge on any atom is -0.317 e. The summed E-state index contributed by atoms with van der Waals surface area (Å²) < 4.78 is 0. The summed E-state index contributed by atoms with van der Waals surface area (Å²) in [5.74, 6) is 0.414. The number of hydrogen-bond acceptors (Lipinski definition) is 5. The van der Waals surface area contributed by atoms with E-state index in [4.69, 9.17) is 0 Å². The van der Waals surface area contributed by atoms with Crippen LogP contribution in [0.15, 0.2) is 18.2 Å². The molecule has 0 radical (unpaired) electrons. The Bertz CT molecular complexity index is 502. The van der Waals surface area contributed by atoms with Gasteiger partial charge >= 0.3 is 0 Å². The van der Waals surface area contributed by atoms with Gasteiger partial charge in [0.1, 0.15) is 0 Å².